The highest BCUT2D eigenvalue weighted by Crippen LogP contribution is 2.55. The summed E-state index contributed by atoms with van der Waals surface area (Å²) >= 11 is 7.96. The maximum Gasteiger partial charge on any atom is 0.351 e. The van der Waals surface area contributed by atoms with E-state index in [2.05, 4.69) is 238 Å². The van der Waals surface area contributed by atoms with Crippen LogP contribution in [0.4, 0.5) is 5.82 Å². The van der Waals surface area contributed by atoms with Gasteiger partial charge in [-0.05, 0) is 175 Å². The Hall–Kier alpha value is -2.63. The number of aliphatic hydroxyl groups excluding tert-OH is 1. The predicted molar refractivity (Wildman–Crippen MR) is 457 cm³/mol. The molecule has 0 aromatic carbocycles. The summed E-state index contributed by atoms with van der Waals surface area (Å²) in [6.07, 6.45) is 6.66. The quantitative estimate of drug-likeness (QED) is 0.0559. The molecule has 0 saturated carbocycles. The summed E-state index contributed by atoms with van der Waals surface area (Å²) in [5.74, 6) is 0.674. The Kier molecular flexibility index (Phi) is 27.1. The Bertz CT molecular complexity index is 4460. The van der Waals surface area contributed by atoms with Gasteiger partial charge in [0.1, 0.15) is 89.7 Å². The summed E-state index contributed by atoms with van der Waals surface area (Å²) in [6.45, 7) is 57.3. The number of anilines is 1. The average molecular weight is 2040 g/mol. The fourth-order valence-electron chi connectivity index (χ4n) is 12.9. The van der Waals surface area contributed by atoms with Crippen molar-refractivity contribution in [2.45, 2.75) is 312 Å². The molecule has 0 radical (unpaired) electrons. The molecule has 30 nitrogen and oxygen atoms in total. The number of ether oxygens (including phenoxy) is 8. The molecule has 0 spiro atoms. The first-order valence-corrected chi connectivity index (χ1v) is 53.7. The van der Waals surface area contributed by atoms with E-state index in [4.69, 9.17) is 56.9 Å². The molecule has 8 aliphatic rings. The van der Waals surface area contributed by atoms with Crippen LogP contribution in [0.3, 0.4) is 0 Å². The van der Waals surface area contributed by atoms with Gasteiger partial charge in [-0.15, -0.1) is 0 Å². The van der Waals surface area contributed by atoms with Gasteiger partial charge >= 0.3 is 22.8 Å². The number of halogens is 4. The van der Waals surface area contributed by atoms with Gasteiger partial charge in [0, 0.05) is 32.9 Å². The van der Waals surface area contributed by atoms with Crippen molar-refractivity contribution < 1.29 is 56.3 Å². The number of aliphatic hydroxyl groups is 1. The smallest absolute Gasteiger partial charge is 0.351 e. The summed E-state index contributed by atoms with van der Waals surface area (Å²) in [4.78, 5) is 89.1. The molecule has 0 amide bonds. The number of fused-ring (bicyclic) bond motifs is 8. The molecule has 16 atom stereocenters. The third-order valence-electron chi connectivity index (χ3n) is 24.7. The molecule has 13 heterocycles. The van der Waals surface area contributed by atoms with Crippen LogP contribution in [-0.4, -0.2) is 189 Å². The Morgan fingerprint density at radius 3 is 1.13 bits per heavy atom. The van der Waals surface area contributed by atoms with Crippen LogP contribution >= 0.6 is 90.4 Å². The second-order valence-corrected chi connectivity index (χ2v) is 61.0. The lowest BCUT2D eigenvalue weighted by molar-refractivity contribution is -0.175. The van der Waals surface area contributed by atoms with Crippen LogP contribution in [0, 0.1) is 14.3 Å². The number of nitrogens with one attached hydrogen (secondary N) is 2. The van der Waals surface area contributed by atoms with Crippen molar-refractivity contribution in [3.8, 4) is 5.82 Å². The summed E-state index contributed by atoms with van der Waals surface area (Å²) < 4.78 is 78.4. The number of nitrogens with zero attached hydrogens (tertiary/aromatic N) is 9. The van der Waals surface area contributed by atoms with E-state index in [9.17, 15) is 33.9 Å². The molecule has 4 unspecified atom stereocenters. The van der Waals surface area contributed by atoms with E-state index in [1.165, 1.54) is 48.0 Å². The second kappa shape index (κ2) is 32.7. The number of hydrogen-bond acceptors (Lipinski definition) is 23. The van der Waals surface area contributed by atoms with Crippen molar-refractivity contribution in [3.05, 3.63) is 114 Å². The molecule has 5 aromatic rings. The fraction of sp³-hybridized carbons (Fsp3) is 0.746. The minimum absolute atomic E-state index is 0.0592. The highest BCUT2D eigenvalue weighted by Gasteiger charge is 2.67. The lowest BCUT2D eigenvalue weighted by atomic mass is 9.96. The minimum Gasteiger partial charge on any atom is -0.408 e. The average Bonchev–Trinajstić information content (AvgIpc) is 1.58. The molecule has 8 bridgehead atoms. The Labute approximate surface area is 696 Å². The van der Waals surface area contributed by atoms with Crippen molar-refractivity contribution in [2.24, 2.45) is 0 Å². The Morgan fingerprint density at radius 2 is 0.798 bits per heavy atom. The molecule has 109 heavy (non-hydrogen) atoms. The van der Waals surface area contributed by atoms with Gasteiger partial charge in [0.05, 0.1) is 40.7 Å². The first-order valence-electron chi connectivity index (χ1n) is 37.1. The molecule has 8 fully saturated rings. The first-order chi connectivity index (χ1) is 50.1. The van der Waals surface area contributed by atoms with E-state index < -0.39 is 126 Å². The summed E-state index contributed by atoms with van der Waals surface area (Å²) in [7, 11) is -6.99. The third kappa shape index (κ3) is 17.8. The van der Waals surface area contributed by atoms with Gasteiger partial charge in [-0.3, -0.25) is 37.8 Å². The molecular formula is C71H114I4N12O18Si4. The van der Waals surface area contributed by atoms with Gasteiger partial charge in [0.15, 0.2) is 55.7 Å². The van der Waals surface area contributed by atoms with E-state index >= 15 is 0 Å². The topological polar surface area (TPSA) is 358 Å². The molecule has 13 rings (SSSR count). The molecular weight excluding hydrogens is 1930 g/mol. The highest BCUT2D eigenvalue weighted by atomic mass is 127. The van der Waals surface area contributed by atoms with E-state index in [0.717, 1.165) is 22.8 Å². The van der Waals surface area contributed by atoms with Crippen LogP contribution in [0.15, 0.2) is 66.2 Å². The van der Waals surface area contributed by atoms with Crippen LogP contribution in [0.25, 0.3) is 5.82 Å². The van der Waals surface area contributed by atoms with Gasteiger partial charge in [0.2, 0.25) is 0 Å². The number of rotatable bonds is 15. The summed E-state index contributed by atoms with van der Waals surface area (Å²) in [5.41, 5.74) is 0.618. The van der Waals surface area contributed by atoms with Crippen LogP contribution < -0.4 is 39.6 Å². The molecule has 5 N–H and O–H groups in total. The number of H-pyrrole nitrogens is 2. The van der Waals surface area contributed by atoms with E-state index in [-0.39, 0.29) is 57.6 Å². The van der Waals surface area contributed by atoms with Gasteiger partial charge in [0.25, 0.3) is 11.1 Å². The van der Waals surface area contributed by atoms with E-state index in [1.807, 2.05) is 52.1 Å². The lowest BCUT2D eigenvalue weighted by Crippen LogP contribution is -2.51. The molecule has 0 aliphatic carbocycles. The Balaban J connectivity index is 0.000000163. The normalized spacial score (nSPS) is 30.5. The van der Waals surface area contributed by atoms with E-state index in [0.29, 0.717) is 54.4 Å². The molecule has 38 heteroatoms. The molecule has 5 aromatic heterocycles. The number of nitrogens with two attached hydrogens (primary N) is 1. The maximum absolute atomic E-state index is 12.9. The van der Waals surface area contributed by atoms with Crippen LogP contribution in [0.2, 0.25) is 79.1 Å². The largest absolute Gasteiger partial charge is 0.408 e. The van der Waals surface area contributed by atoms with Crippen molar-refractivity contribution in [1.82, 2.24) is 53.0 Å². The number of aromatic nitrogens is 11. The number of aromatic amines is 2. The zero-order chi connectivity index (χ0) is 81.7. The molecule has 610 valence electrons. The van der Waals surface area contributed by atoms with Crippen molar-refractivity contribution >= 4 is 129 Å². The van der Waals surface area contributed by atoms with Gasteiger partial charge in [-0.25, -0.2) is 28.8 Å². The first kappa shape index (κ1) is 90.3. The fourth-order valence-corrected chi connectivity index (χ4v) is 18.8. The maximum atomic E-state index is 12.9. The Morgan fingerprint density at radius 1 is 0.486 bits per heavy atom. The van der Waals surface area contributed by atoms with Crippen LogP contribution in [-0.2, 0) is 51.2 Å². The zero-order valence-corrected chi connectivity index (χ0v) is 80.2. The van der Waals surface area contributed by atoms with Crippen molar-refractivity contribution in [1.29, 1.82) is 0 Å². The number of hydrogen-bond donors (Lipinski definition) is 4. The molecule has 8 saturated heterocycles. The molecule has 8 aliphatic heterocycles. The van der Waals surface area contributed by atoms with Crippen molar-refractivity contribution in [2.75, 3.05) is 32.2 Å². The van der Waals surface area contributed by atoms with Gasteiger partial charge in [-0.2, -0.15) is 15.1 Å². The zero-order valence-electron chi connectivity index (χ0n) is 67.6. The number of nitrogen functional groups attached to an aromatic ring is 1. The van der Waals surface area contributed by atoms with Crippen molar-refractivity contribution in [3.63, 3.8) is 0 Å². The van der Waals surface area contributed by atoms with Gasteiger partial charge < -0.3 is 62.0 Å². The third-order valence-corrected chi connectivity index (χ3v) is 45.7. The SMILES string of the molecule is CC(C)(C)[Si](C)(C)C.CC[C@]12CO[C@@H](C1O)[C@H](n1cc(I)c(=O)[nH]c1=O)O2.CC[C@]12CO[C@@H](C1O[Si](C)(C)C(C)(C)C)[C@H](n1cc(I)c(-n3cncn3)nc1=O)O2.CC[C@]12CO[C@@H](C1O[Si](C)(C)C(C)(C)C)[C@H](n1cc(I)c(=O)[nH]c1=O)O2.CC[C@]12CO[C@@H](C1O[Si](C)(C)C(C)(C)C)[C@H](n1cc(I)c(N)nc1=O)O2. The predicted octanol–water partition coefficient (Wildman–Crippen LogP) is 11.1. The standard InChI is InChI=1S/C19H28IN5O4Si.C17H28IN3O4Si.C17H27IN2O5Si.C11H13IN2O5.C7H18Si/c1-7-19-9-27-13(14(19)29-30(5,6)18(2,3)4)16(28-19)24-8-12(20)15(23-17(24)26)25-11-21-10-22-25;1-7-17-9-23-11(12(17)25-26(5,6)16(2,3)4)14(24-17)21-8-10(18)13(19)20-15(21)22;1-7-17-9-23-11(12(17)25-26(5,6)16(2,3)4)14(24-17)20-8-10(18)13(21)19-15(20)22;1-2-11-4-18-6(7(11)15)9(19-11)14-3-5(12)8(16)13-10(14)17;1-7(2,3)8(4,5)6/h8,10-11,13-14,16H,7,9H2,1-6H3;8,11-12,14H,7,9H2,1-6H3,(H2,19,20,22);8,11-12,14H,7,9H2,1-6H3,(H,19,21,22);3,6-7,9,15H,2,4H2,1H3,(H,13,16,17);1-6H3/t13-,14?,16+,19-;2*11-,12?,14+,17-;6-,7?,9+,11-;/m0000./s1. The second-order valence-electron chi connectivity index (χ2n) is 36.0. The minimum atomic E-state index is -2.06. The summed E-state index contributed by atoms with van der Waals surface area (Å²) in [5, 5.41) is 15.0. The monoisotopic (exact) mass is 2040 g/mol. The lowest BCUT2D eigenvalue weighted by Gasteiger charge is -2.40. The highest BCUT2D eigenvalue weighted by molar-refractivity contribution is 14.1. The van der Waals surface area contributed by atoms with E-state index in [1.54, 1.807) is 12.4 Å². The van der Waals surface area contributed by atoms with Gasteiger partial charge in [-0.1, -0.05) is 130 Å². The van der Waals surface area contributed by atoms with Crippen LogP contribution in [0.5, 0.6) is 0 Å². The van der Waals surface area contributed by atoms with Crippen LogP contribution in [0.1, 0.15) is 161 Å². The summed E-state index contributed by atoms with van der Waals surface area (Å²) in [6, 6.07) is 0.